The molecular weight excluding hydrogens is 328 g/mol. The lowest BCUT2D eigenvalue weighted by atomic mass is 10.0. The van der Waals surface area contributed by atoms with Crippen LogP contribution in [0.5, 0.6) is 0 Å². The van der Waals surface area contributed by atoms with Gasteiger partial charge in [0.05, 0.1) is 5.25 Å². The molecule has 3 nitrogen and oxygen atoms in total. The molecule has 0 radical (unpaired) electrons. The molecule has 138 valence electrons. The van der Waals surface area contributed by atoms with Crippen LogP contribution in [-0.4, -0.2) is 41.7 Å². The maximum Gasteiger partial charge on any atom is 0.235 e. The summed E-state index contributed by atoms with van der Waals surface area (Å²) in [6.07, 6.45) is 5.01. The molecule has 1 amide bonds. The summed E-state index contributed by atoms with van der Waals surface area (Å²) in [4.78, 5) is 15.1. The number of nitrogens with zero attached hydrogens (tertiary/aromatic N) is 1. The normalized spacial score (nSPS) is 20.0. The number of nitrogens with one attached hydrogen (secondary N) is 1. The SMILES string of the molecule is CC(C)C(SCc1ccccc1)C(=O)N1CCC(NCC2CC2)CC1. The highest BCUT2D eigenvalue weighted by molar-refractivity contribution is 7.99. The molecule has 2 aliphatic rings. The van der Waals surface area contributed by atoms with Gasteiger partial charge in [0.15, 0.2) is 0 Å². The largest absolute Gasteiger partial charge is 0.342 e. The van der Waals surface area contributed by atoms with Crippen molar-refractivity contribution < 1.29 is 4.79 Å². The Morgan fingerprint density at radius 2 is 1.84 bits per heavy atom. The minimum absolute atomic E-state index is 0.0659. The zero-order valence-electron chi connectivity index (χ0n) is 15.6. The Labute approximate surface area is 156 Å². The molecule has 1 saturated heterocycles. The number of hydrogen-bond acceptors (Lipinski definition) is 3. The molecule has 4 heteroatoms. The van der Waals surface area contributed by atoms with Gasteiger partial charge in [0.25, 0.3) is 0 Å². The molecule has 0 aromatic heterocycles. The van der Waals surface area contributed by atoms with Crippen LogP contribution in [0.25, 0.3) is 0 Å². The van der Waals surface area contributed by atoms with Crippen LogP contribution in [0.1, 0.15) is 45.1 Å². The van der Waals surface area contributed by atoms with Crippen LogP contribution in [0.3, 0.4) is 0 Å². The van der Waals surface area contributed by atoms with Crippen molar-refractivity contribution in [3.8, 4) is 0 Å². The molecular formula is C21H32N2OS. The maximum absolute atomic E-state index is 13.0. The van der Waals surface area contributed by atoms with E-state index in [9.17, 15) is 4.79 Å². The van der Waals surface area contributed by atoms with E-state index in [4.69, 9.17) is 0 Å². The summed E-state index contributed by atoms with van der Waals surface area (Å²) < 4.78 is 0. The van der Waals surface area contributed by atoms with E-state index < -0.39 is 0 Å². The Hall–Kier alpha value is -1.00. The van der Waals surface area contributed by atoms with Gasteiger partial charge in [0, 0.05) is 24.9 Å². The van der Waals surface area contributed by atoms with Crippen molar-refractivity contribution >= 4 is 17.7 Å². The second-order valence-electron chi connectivity index (χ2n) is 7.91. The number of carbonyl (C=O) groups excluding carboxylic acids is 1. The molecule has 1 unspecified atom stereocenters. The van der Waals surface area contributed by atoms with Crippen molar-refractivity contribution in [1.82, 2.24) is 10.2 Å². The lowest BCUT2D eigenvalue weighted by Crippen LogP contribution is -2.48. The molecule has 1 aliphatic heterocycles. The van der Waals surface area contributed by atoms with E-state index in [1.807, 2.05) is 6.07 Å². The average molecular weight is 361 g/mol. The van der Waals surface area contributed by atoms with E-state index >= 15 is 0 Å². The van der Waals surface area contributed by atoms with E-state index in [1.54, 1.807) is 11.8 Å². The molecule has 1 saturated carbocycles. The summed E-state index contributed by atoms with van der Waals surface area (Å²) in [7, 11) is 0. The fourth-order valence-electron chi connectivity index (χ4n) is 3.45. The van der Waals surface area contributed by atoms with Crippen molar-refractivity contribution in [2.75, 3.05) is 19.6 Å². The standard InChI is InChI=1S/C21H32N2OS/c1-16(2)20(25-15-18-6-4-3-5-7-18)21(24)23-12-10-19(11-13-23)22-14-17-8-9-17/h3-7,16-17,19-20,22H,8-15H2,1-2H3. The van der Waals surface area contributed by atoms with Gasteiger partial charge in [0.1, 0.15) is 0 Å². The number of amides is 1. The highest BCUT2D eigenvalue weighted by Gasteiger charge is 2.31. The van der Waals surface area contributed by atoms with E-state index in [0.29, 0.717) is 17.9 Å². The summed E-state index contributed by atoms with van der Waals surface area (Å²) >= 11 is 1.80. The molecule has 0 spiro atoms. The number of thioether (sulfide) groups is 1. The summed E-state index contributed by atoms with van der Waals surface area (Å²) in [5, 5.41) is 3.76. The first-order chi connectivity index (χ1) is 12.1. The van der Waals surface area contributed by atoms with Crippen LogP contribution in [0.2, 0.25) is 0 Å². The fraction of sp³-hybridized carbons (Fsp3) is 0.667. The zero-order valence-corrected chi connectivity index (χ0v) is 16.4. The topological polar surface area (TPSA) is 32.3 Å². The Balaban J connectivity index is 1.46. The second kappa shape index (κ2) is 9.09. The molecule has 0 bridgehead atoms. The van der Waals surface area contributed by atoms with Crippen molar-refractivity contribution in [2.45, 2.75) is 56.6 Å². The number of piperidine rings is 1. The third kappa shape index (κ3) is 5.75. The van der Waals surface area contributed by atoms with Crippen molar-refractivity contribution in [1.29, 1.82) is 0 Å². The third-order valence-electron chi connectivity index (χ3n) is 5.32. The Kier molecular flexibility index (Phi) is 6.83. The number of benzene rings is 1. The predicted molar refractivity (Wildman–Crippen MR) is 107 cm³/mol. The first-order valence-corrected chi connectivity index (χ1v) is 10.9. The van der Waals surface area contributed by atoms with Crippen LogP contribution < -0.4 is 5.32 Å². The molecule has 1 aromatic carbocycles. The van der Waals surface area contributed by atoms with E-state index in [-0.39, 0.29) is 5.25 Å². The van der Waals surface area contributed by atoms with Crippen LogP contribution in [0, 0.1) is 11.8 Å². The molecule has 1 aromatic rings. The fourth-order valence-corrected chi connectivity index (χ4v) is 4.69. The molecule has 1 aliphatic carbocycles. The maximum atomic E-state index is 13.0. The Bertz CT molecular complexity index is 536. The summed E-state index contributed by atoms with van der Waals surface area (Å²) in [6.45, 7) is 7.35. The molecule has 2 fully saturated rings. The molecule has 3 rings (SSSR count). The second-order valence-corrected chi connectivity index (χ2v) is 9.04. The van der Waals surface area contributed by atoms with Gasteiger partial charge in [-0.1, -0.05) is 44.2 Å². The predicted octanol–water partition coefficient (Wildman–Crippen LogP) is 3.94. The van der Waals surface area contributed by atoms with Gasteiger partial charge in [-0.15, -0.1) is 11.8 Å². The van der Waals surface area contributed by atoms with Gasteiger partial charge < -0.3 is 10.2 Å². The smallest absolute Gasteiger partial charge is 0.235 e. The first kappa shape index (κ1) is 18.8. The third-order valence-corrected chi connectivity index (χ3v) is 6.93. The molecule has 1 atom stereocenters. The van der Waals surface area contributed by atoms with Gasteiger partial charge in [-0.3, -0.25) is 4.79 Å². The summed E-state index contributed by atoms with van der Waals surface area (Å²) in [6, 6.07) is 11.1. The quantitative estimate of drug-likeness (QED) is 0.762. The van der Waals surface area contributed by atoms with Gasteiger partial charge in [-0.05, 0) is 49.6 Å². The number of likely N-dealkylation sites (tertiary alicyclic amines) is 1. The lowest BCUT2D eigenvalue weighted by Gasteiger charge is -2.35. The molecule has 25 heavy (non-hydrogen) atoms. The van der Waals surface area contributed by atoms with Crippen LogP contribution in [0.4, 0.5) is 0 Å². The van der Waals surface area contributed by atoms with Gasteiger partial charge in [0.2, 0.25) is 5.91 Å². The van der Waals surface area contributed by atoms with Crippen LogP contribution in [0.15, 0.2) is 30.3 Å². The van der Waals surface area contributed by atoms with Crippen molar-refractivity contribution in [2.24, 2.45) is 11.8 Å². The van der Waals surface area contributed by atoms with Crippen LogP contribution in [-0.2, 0) is 10.5 Å². The number of rotatable bonds is 8. The highest BCUT2D eigenvalue weighted by Crippen LogP contribution is 2.29. The minimum Gasteiger partial charge on any atom is -0.342 e. The van der Waals surface area contributed by atoms with E-state index in [0.717, 1.165) is 37.6 Å². The number of carbonyl (C=O) groups is 1. The summed E-state index contributed by atoms with van der Waals surface area (Å²) in [5.41, 5.74) is 1.30. The van der Waals surface area contributed by atoms with Crippen LogP contribution >= 0.6 is 11.8 Å². The minimum atomic E-state index is 0.0659. The summed E-state index contributed by atoms with van der Waals surface area (Å²) in [5.74, 6) is 2.55. The average Bonchev–Trinajstić information content (AvgIpc) is 3.45. The Morgan fingerprint density at radius 1 is 1.16 bits per heavy atom. The van der Waals surface area contributed by atoms with Gasteiger partial charge >= 0.3 is 0 Å². The highest BCUT2D eigenvalue weighted by atomic mass is 32.2. The lowest BCUT2D eigenvalue weighted by molar-refractivity contribution is -0.132. The Morgan fingerprint density at radius 3 is 2.44 bits per heavy atom. The monoisotopic (exact) mass is 360 g/mol. The van der Waals surface area contributed by atoms with Crippen molar-refractivity contribution in [3.05, 3.63) is 35.9 Å². The van der Waals surface area contributed by atoms with E-state index in [2.05, 4.69) is 48.3 Å². The number of hydrogen-bond donors (Lipinski definition) is 1. The van der Waals surface area contributed by atoms with Crippen molar-refractivity contribution in [3.63, 3.8) is 0 Å². The molecule has 1 N–H and O–H groups in total. The zero-order chi connectivity index (χ0) is 17.6. The van der Waals surface area contributed by atoms with Gasteiger partial charge in [-0.25, -0.2) is 0 Å². The van der Waals surface area contributed by atoms with Gasteiger partial charge in [-0.2, -0.15) is 0 Å². The first-order valence-electron chi connectivity index (χ1n) is 9.81. The van der Waals surface area contributed by atoms with E-state index in [1.165, 1.54) is 24.9 Å². The molecule has 1 heterocycles.